The monoisotopic (exact) mass is 234 g/mol. The molecule has 0 radical (unpaired) electrons. The van der Waals surface area contributed by atoms with Crippen molar-refractivity contribution in [1.29, 1.82) is 0 Å². The van der Waals surface area contributed by atoms with Crippen LogP contribution < -0.4 is 0 Å². The maximum atomic E-state index is 12.1. The largest absolute Gasteiger partial charge is 0.367 e. The van der Waals surface area contributed by atoms with Gasteiger partial charge in [0.2, 0.25) is 0 Å². The van der Waals surface area contributed by atoms with Crippen LogP contribution in [-0.2, 0) is 16.0 Å². The fraction of sp³-hybridized carbons (Fsp3) is 0.533. The van der Waals surface area contributed by atoms with Gasteiger partial charge in [-0.2, -0.15) is 0 Å². The normalized spacial score (nSPS) is 14.3. The third-order valence-electron chi connectivity index (χ3n) is 3.15. The Balaban J connectivity index is 2.93. The first kappa shape index (κ1) is 13.9. The van der Waals surface area contributed by atoms with Gasteiger partial charge in [-0.25, -0.2) is 0 Å². The molecule has 1 rings (SSSR count). The molecule has 0 aliphatic carbocycles. The summed E-state index contributed by atoms with van der Waals surface area (Å²) in [5, 5.41) is 0. The lowest BCUT2D eigenvalue weighted by Gasteiger charge is -2.31. The van der Waals surface area contributed by atoms with Gasteiger partial charge in [0.15, 0.2) is 5.78 Å². The van der Waals surface area contributed by atoms with Crippen molar-refractivity contribution >= 4 is 5.78 Å². The fourth-order valence-electron chi connectivity index (χ4n) is 2.18. The number of carbonyl (C=O) groups excluding carboxylic acids is 1. The summed E-state index contributed by atoms with van der Waals surface area (Å²) in [4.78, 5) is 12.1. The van der Waals surface area contributed by atoms with Crippen molar-refractivity contribution in [3.05, 3.63) is 35.9 Å². The van der Waals surface area contributed by atoms with Gasteiger partial charge in [-0.3, -0.25) is 4.79 Å². The van der Waals surface area contributed by atoms with E-state index in [1.807, 2.05) is 51.1 Å². The first-order chi connectivity index (χ1) is 8.18. The number of hydrogen-bond acceptors (Lipinski definition) is 2. The number of ether oxygens (including phenoxy) is 1. The molecule has 0 saturated heterocycles. The van der Waals surface area contributed by atoms with Crippen LogP contribution in [0.4, 0.5) is 0 Å². The molecule has 0 aliphatic heterocycles. The van der Waals surface area contributed by atoms with Crippen LogP contribution in [0.5, 0.6) is 0 Å². The van der Waals surface area contributed by atoms with Gasteiger partial charge in [0.1, 0.15) is 5.60 Å². The standard InChI is InChI=1S/C15H22O2/c1-4-14(16)15(5-2,17-6-3)12-13-10-8-7-9-11-13/h7-11H,4-6,12H2,1-3H3. The van der Waals surface area contributed by atoms with E-state index in [-0.39, 0.29) is 5.78 Å². The van der Waals surface area contributed by atoms with Crippen LogP contribution in [0.3, 0.4) is 0 Å². The van der Waals surface area contributed by atoms with Crippen LogP contribution in [0.1, 0.15) is 39.2 Å². The van der Waals surface area contributed by atoms with E-state index in [4.69, 9.17) is 4.74 Å². The van der Waals surface area contributed by atoms with Crippen molar-refractivity contribution in [3.8, 4) is 0 Å². The number of benzene rings is 1. The summed E-state index contributed by atoms with van der Waals surface area (Å²) < 4.78 is 5.79. The van der Waals surface area contributed by atoms with Crippen LogP contribution in [0.15, 0.2) is 30.3 Å². The Morgan fingerprint density at radius 3 is 2.29 bits per heavy atom. The molecule has 0 amide bonds. The highest BCUT2D eigenvalue weighted by atomic mass is 16.5. The van der Waals surface area contributed by atoms with Gasteiger partial charge >= 0.3 is 0 Å². The molecular formula is C15H22O2. The minimum absolute atomic E-state index is 0.200. The lowest BCUT2D eigenvalue weighted by atomic mass is 9.86. The smallest absolute Gasteiger partial charge is 0.164 e. The maximum absolute atomic E-state index is 12.1. The molecule has 1 atom stereocenters. The molecule has 2 heteroatoms. The quantitative estimate of drug-likeness (QED) is 0.723. The summed E-state index contributed by atoms with van der Waals surface area (Å²) in [6.45, 7) is 6.44. The SMILES string of the molecule is CCOC(CC)(Cc1ccccc1)C(=O)CC. The van der Waals surface area contributed by atoms with E-state index in [1.54, 1.807) is 0 Å². The minimum Gasteiger partial charge on any atom is -0.367 e. The highest BCUT2D eigenvalue weighted by Gasteiger charge is 2.35. The highest BCUT2D eigenvalue weighted by molar-refractivity contribution is 5.87. The van der Waals surface area contributed by atoms with Gasteiger partial charge in [0.25, 0.3) is 0 Å². The van der Waals surface area contributed by atoms with Crippen LogP contribution in [-0.4, -0.2) is 18.0 Å². The Hall–Kier alpha value is -1.15. The molecule has 0 heterocycles. The minimum atomic E-state index is -0.634. The molecule has 0 aromatic heterocycles. The van der Waals surface area contributed by atoms with Crippen molar-refractivity contribution in [2.75, 3.05) is 6.61 Å². The molecule has 0 N–H and O–H groups in total. The van der Waals surface area contributed by atoms with Crippen LogP contribution in [0.2, 0.25) is 0 Å². The van der Waals surface area contributed by atoms with Crippen LogP contribution in [0.25, 0.3) is 0 Å². The fourth-order valence-corrected chi connectivity index (χ4v) is 2.18. The molecule has 17 heavy (non-hydrogen) atoms. The molecule has 0 fully saturated rings. The van der Waals surface area contributed by atoms with E-state index in [0.29, 0.717) is 19.4 Å². The zero-order valence-corrected chi connectivity index (χ0v) is 11.0. The lowest BCUT2D eigenvalue weighted by Crippen LogP contribution is -2.43. The van der Waals surface area contributed by atoms with Gasteiger partial charge in [0, 0.05) is 19.4 Å². The van der Waals surface area contributed by atoms with E-state index in [2.05, 4.69) is 0 Å². The second-order valence-electron chi connectivity index (χ2n) is 4.22. The summed E-state index contributed by atoms with van der Waals surface area (Å²) in [5.41, 5.74) is 0.523. The number of ketones is 1. The van der Waals surface area contributed by atoms with E-state index in [9.17, 15) is 4.79 Å². The third-order valence-corrected chi connectivity index (χ3v) is 3.15. The molecule has 2 nitrogen and oxygen atoms in total. The molecule has 94 valence electrons. The Morgan fingerprint density at radius 2 is 1.82 bits per heavy atom. The number of rotatable bonds is 7. The summed E-state index contributed by atoms with van der Waals surface area (Å²) in [6, 6.07) is 10.1. The zero-order valence-electron chi connectivity index (χ0n) is 11.0. The molecular weight excluding hydrogens is 212 g/mol. The van der Waals surface area contributed by atoms with E-state index in [1.165, 1.54) is 0 Å². The number of Topliss-reactive ketones (excluding diaryl/α,β-unsaturated/α-hetero) is 1. The summed E-state index contributed by atoms with van der Waals surface area (Å²) in [5.74, 6) is 0.200. The first-order valence-electron chi connectivity index (χ1n) is 6.39. The second kappa shape index (κ2) is 6.55. The Bertz CT molecular complexity index is 345. The number of hydrogen-bond donors (Lipinski definition) is 0. The predicted octanol–water partition coefficient (Wildman–Crippen LogP) is 3.39. The van der Waals surface area contributed by atoms with Gasteiger partial charge in [-0.05, 0) is 18.9 Å². The Kier molecular flexibility index (Phi) is 5.36. The topological polar surface area (TPSA) is 26.3 Å². The van der Waals surface area contributed by atoms with E-state index in [0.717, 1.165) is 12.0 Å². The van der Waals surface area contributed by atoms with Crippen LogP contribution >= 0.6 is 0 Å². The second-order valence-corrected chi connectivity index (χ2v) is 4.22. The highest BCUT2D eigenvalue weighted by Crippen LogP contribution is 2.24. The summed E-state index contributed by atoms with van der Waals surface area (Å²) in [7, 11) is 0. The molecule has 1 aromatic carbocycles. The van der Waals surface area contributed by atoms with Crippen molar-refractivity contribution in [3.63, 3.8) is 0 Å². The third kappa shape index (κ3) is 3.40. The van der Waals surface area contributed by atoms with Gasteiger partial charge < -0.3 is 4.74 Å². The van der Waals surface area contributed by atoms with Gasteiger partial charge in [0.05, 0.1) is 0 Å². The molecule has 0 saturated carbocycles. The predicted molar refractivity (Wildman–Crippen MR) is 70.1 cm³/mol. The molecule has 0 spiro atoms. The Labute approximate surface area is 104 Å². The summed E-state index contributed by atoms with van der Waals surface area (Å²) in [6.07, 6.45) is 1.92. The Morgan fingerprint density at radius 1 is 1.18 bits per heavy atom. The molecule has 1 unspecified atom stereocenters. The average Bonchev–Trinajstić information content (AvgIpc) is 2.38. The van der Waals surface area contributed by atoms with Crippen molar-refractivity contribution in [1.82, 2.24) is 0 Å². The van der Waals surface area contributed by atoms with Crippen molar-refractivity contribution in [2.45, 2.75) is 45.6 Å². The van der Waals surface area contributed by atoms with E-state index < -0.39 is 5.60 Å². The molecule has 0 aliphatic rings. The zero-order chi connectivity index (χ0) is 12.7. The van der Waals surface area contributed by atoms with Crippen LogP contribution in [0, 0.1) is 0 Å². The summed E-state index contributed by atoms with van der Waals surface area (Å²) >= 11 is 0. The maximum Gasteiger partial charge on any atom is 0.164 e. The lowest BCUT2D eigenvalue weighted by molar-refractivity contribution is -0.144. The van der Waals surface area contributed by atoms with Crippen molar-refractivity contribution < 1.29 is 9.53 Å². The van der Waals surface area contributed by atoms with Crippen molar-refractivity contribution in [2.24, 2.45) is 0 Å². The number of carbonyl (C=O) groups is 1. The van der Waals surface area contributed by atoms with Gasteiger partial charge in [-0.1, -0.05) is 44.2 Å². The average molecular weight is 234 g/mol. The molecule has 0 bridgehead atoms. The van der Waals surface area contributed by atoms with Gasteiger partial charge in [-0.15, -0.1) is 0 Å². The molecule has 1 aromatic rings. The first-order valence-corrected chi connectivity index (χ1v) is 6.39. The van der Waals surface area contributed by atoms with E-state index >= 15 is 0 Å².